The predicted octanol–water partition coefficient (Wildman–Crippen LogP) is 2.26. The molecule has 0 aliphatic rings. The number of nitrogens with one attached hydrogen (secondary N) is 1. The number of hydrogen-bond acceptors (Lipinski definition) is 4. The molecular weight excluding hydrogens is 459 g/mol. The summed E-state index contributed by atoms with van der Waals surface area (Å²) in [5.74, 6) is -1.90. The summed E-state index contributed by atoms with van der Waals surface area (Å²) in [4.78, 5) is 26.8. The Kier molecular flexibility index (Phi) is 8.59. The van der Waals surface area contributed by atoms with E-state index in [9.17, 15) is 22.4 Å². The lowest BCUT2D eigenvalue weighted by Crippen LogP contribution is -2.52. The highest BCUT2D eigenvalue weighted by Gasteiger charge is 2.33. The van der Waals surface area contributed by atoms with Crippen LogP contribution < -0.4 is 9.62 Å². The Morgan fingerprint density at radius 2 is 1.69 bits per heavy atom. The molecule has 2 aromatic carbocycles. The molecule has 0 radical (unpaired) electrons. The fraction of sp³-hybridized carbons (Fsp3) is 0.333. The summed E-state index contributed by atoms with van der Waals surface area (Å²) in [6, 6.07) is 11.0. The molecular formula is C21H26ClFN4O4S. The summed E-state index contributed by atoms with van der Waals surface area (Å²) in [7, 11) is -0.207. The minimum Gasteiger partial charge on any atom is -0.357 e. The van der Waals surface area contributed by atoms with Gasteiger partial charge < -0.3 is 10.2 Å². The van der Waals surface area contributed by atoms with Crippen LogP contribution in [0.15, 0.2) is 48.5 Å². The summed E-state index contributed by atoms with van der Waals surface area (Å²) >= 11 is 5.92. The highest BCUT2D eigenvalue weighted by Crippen LogP contribution is 2.24. The van der Waals surface area contributed by atoms with Gasteiger partial charge in [0.2, 0.25) is 11.8 Å². The maximum Gasteiger partial charge on any atom is 0.304 e. The van der Waals surface area contributed by atoms with E-state index in [1.165, 1.54) is 51.2 Å². The zero-order valence-corrected chi connectivity index (χ0v) is 19.8. The number of rotatable bonds is 9. The first kappa shape index (κ1) is 25.6. The standard InChI is InChI=1S/C21H26ClFN4O4S/c1-15(21(29)24-2)26(13-16-9-11-17(22)12-10-16)20(28)14-27(32(30,31)25(3)4)19-8-6-5-7-18(19)23/h5-12,15H,13-14H2,1-4H3,(H,24,29)/t15-/m0/s1. The van der Waals surface area contributed by atoms with Gasteiger partial charge in [0.05, 0.1) is 5.69 Å². The van der Waals surface area contributed by atoms with Crippen LogP contribution in [0.5, 0.6) is 0 Å². The number of benzene rings is 2. The minimum absolute atomic E-state index is 0.0255. The number of para-hydroxylation sites is 1. The van der Waals surface area contributed by atoms with E-state index in [0.717, 1.165) is 10.4 Å². The minimum atomic E-state index is -4.21. The molecule has 0 fully saturated rings. The Balaban J connectivity index is 2.45. The zero-order chi connectivity index (χ0) is 24.1. The van der Waals surface area contributed by atoms with Crippen molar-refractivity contribution in [3.05, 3.63) is 64.9 Å². The van der Waals surface area contributed by atoms with Crippen molar-refractivity contribution in [3.63, 3.8) is 0 Å². The van der Waals surface area contributed by atoms with E-state index in [1.807, 2.05) is 0 Å². The van der Waals surface area contributed by atoms with E-state index in [2.05, 4.69) is 5.32 Å². The molecule has 0 heterocycles. The van der Waals surface area contributed by atoms with E-state index in [0.29, 0.717) is 14.9 Å². The number of amides is 2. The highest BCUT2D eigenvalue weighted by molar-refractivity contribution is 7.90. The monoisotopic (exact) mass is 484 g/mol. The highest BCUT2D eigenvalue weighted by atomic mass is 35.5. The van der Waals surface area contributed by atoms with E-state index >= 15 is 0 Å². The quantitative estimate of drug-likeness (QED) is 0.591. The lowest BCUT2D eigenvalue weighted by atomic mass is 10.1. The maximum absolute atomic E-state index is 14.5. The van der Waals surface area contributed by atoms with Gasteiger partial charge in [-0.3, -0.25) is 9.59 Å². The second-order valence-corrected chi connectivity index (χ2v) is 9.69. The number of carbonyl (C=O) groups excluding carboxylic acids is 2. The first-order chi connectivity index (χ1) is 15.0. The maximum atomic E-state index is 14.5. The van der Waals surface area contributed by atoms with Crippen LogP contribution in [0.1, 0.15) is 12.5 Å². The third-order valence-corrected chi connectivity index (χ3v) is 6.88. The van der Waals surface area contributed by atoms with Crippen LogP contribution in [0.3, 0.4) is 0 Å². The lowest BCUT2D eigenvalue weighted by Gasteiger charge is -2.32. The molecule has 0 saturated carbocycles. The molecule has 32 heavy (non-hydrogen) atoms. The van der Waals surface area contributed by atoms with E-state index < -0.39 is 40.4 Å². The Morgan fingerprint density at radius 1 is 1.09 bits per heavy atom. The number of nitrogens with zero attached hydrogens (tertiary/aromatic N) is 3. The van der Waals surface area contributed by atoms with Gasteiger partial charge in [-0.1, -0.05) is 35.9 Å². The summed E-state index contributed by atoms with van der Waals surface area (Å²) in [6.07, 6.45) is 0. The molecule has 11 heteroatoms. The lowest BCUT2D eigenvalue weighted by molar-refractivity contribution is -0.139. The fourth-order valence-electron chi connectivity index (χ4n) is 2.93. The van der Waals surface area contributed by atoms with Crippen LogP contribution in [0.4, 0.5) is 10.1 Å². The van der Waals surface area contributed by atoms with E-state index in [1.54, 1.807) is 24.3 Å². The van der Waals surface area contributed by atoms with Crippen LogP contribution in [0.2, 0.25) is 5.02 Å². The third-order valence-electron chi connectivity index (χ3n) is 4.82. The average Bonchev–Trinajstić information content (AvgIpc) is 2.76. The molecule has 8 nitrogen and oxygen atoms in total. The molecule has 0 saturated heterocycles. The average molecular weight is 485 g/mol. The molecule has 174 valence electrons. The second kappa shape index (κ2) is 10.8. The second-order valence-electron chi connectivity index (χ2n) is 7.19. The summed E-state index contributed by atoms with van der Waals surface area (Å²) in [5.41, 5.74) is 0.417. The van der Waals surface area contributed by atoms with Crippen LogP contribution in [0, 0.1) is 5.82 Å². The number of hydrogen-bond donors (Lipinski definition) is 1. The van der Waals surface area contributed by atoms with Crippen LogP contribution >= 0.6 is 11.6 Å². The van der Waals surface area contributed by atoms with Gasteiger partial charge in [0.1, 0.15) is 18.4 Å². The molecule has 0 aliphatic heterocycles. The van der Waals surface area contributed by atoms with Gasteiger partial charge in [0.15, 0.2) is 0 Å². The van der Waals surface area contributed by atoms with Crippen molar-refractivity contribution >= 4 is 39.3 Å². The van der Waals surface area contributed by atoms with Gasteiger partial charge >= 0.3 is 10.2 Å². The smallest absolute Gasteiger partial charge is 0.304 e. The molecule has 0 spiro atoms. The summed E-state index contributed by atoms with van der Waals surface area (Å²) in [6.45, 7) is 0.856. The number of likely N-dealkylation sites (N-methyl/N-ethyl adjacent to an activating group) is 1. The molecule has 0 aromatic heterocycles. The summed E-state index contributed by atoms with van der Waals surface area (Å²) in [5, 5.41) is 2.99. The first-order valence-corrected chi connectivity index (χ1v) is 11.5. The predicted molar refractivity (Wildman–Crippen MR) is 122 cm³/mol. The molecule has 2 amide bonds. The molecule has 2 aromatic rings. The Hall–Kier alpha value is -2.69. The third kappa shape index (κ3) is 5.96. The molecule has 0 bridgehead atoms. The number of carbonyl (C=O) groups is 2. The summed E-state index contributed by atoms with van der Waals surface area (Å²) < 4.78 is 41.9. The Morgan fingerprint density at radius 3 is 2.22 bits per heavy atom. The van der Waals surface area contributed by atoms with Gasteiger partial charge in [-0.2, -0.15) is 12.7 Å². The van der Waals surface area contributed by atoms with E-state index in [4.69, 9.17) is 11.6 Å². The van der Waals surface area contributed by atoms with Crippen LogP contribution in [-0.4, -0.2) is 63.2 Å². The first-order valence-electron chi connectivity index (χ1n) is 9.69. The molecule has 2 rings (SSSR count). The van der Waals surface area contributed by atoms with Crippen LogP contribution in [0.25, 0.3) is 0 Å². The molecule has 1 N–H and O–H groups in total. The van der Waals surface area contributed by atoms with Gasteiger partial charge in [-0.05, 0) is 36.8 Å². The fourth-order valence-corrected chi connectivity index (χ4v) is 4.12. The SMILES string of the molecule is CNC(=O)[C@H](C)N(Cc1ccc(Cl)cc1)C(=O)CN(c1ccccc1F)S(=O)(=O)N(C)C. The molecule has 0 aliphatic carbocycles. The normalized spacial score (nSPS) is 12.3. The van der Waals surface area contributed by atoms with Crippen molar-refractivity contribution in [3.8, 4) is 0 Å². The van der Waals surface area contributed by atoms with E-state index in [-0.39, 0.29) is 12.2 Å². The number of halogens is 2. The molecule has 1 atom stereocenters. The van der Waals surface area contributed by atoms with Gasteiger partial charge in [0.25, 0.3) is 0 Å². The Bertz CT molecular complexity index is 1060. The topological polar surface area (TPSA) is 90.0 Å². The van der Waals surface area contributed by atoms with Gasteiger partial charge in [-0.25, -0.2) is 8.70 Å². The van der Waals surface area contributed by atoms with Crippen molar-refractivity contribution in [1.29, 1.82) is 0 Å². The van der Waals surface area contributed by atoms with Gasteiger partial charge in [0, 0.05) is 32.7 Å². The molecule has 0 unspecified atom stereocenters. The Labute approximate surface area is 192 Å². The zero-order valence-electron chi connectivity index (χ0n) is 18.2. The number of anilines is 1. The van der Waals surface area contributed by atoms with Crippen molar-refractivity contribution in [2.24, 2.45) is 0 Å². The van der Waals surface area contributed by atoms with Crippen molar-refractivity contribution in [1.82, 2.24) is 14.5 Å². The largest absolute Gasteiger partial charge is 0.357 e. The van der Waals surface area contributed by atoms with Crippen molar-refractivity contribution in [2.45, 2.75) is 19.5 Å². The van der Waals surface area contributed by atoms with Gasteiger partial charge in [-0.15, -0.1) is 0 Å². The van der Waals surface area contributed by atoms with Crippen LogP contribution in [-0.2, 0) is 26.3 Å². The van der Waals surface area contributed by atoms with Crippen molar-refractivity contribution in [2.75, 3.05) is 32.0 Å². The van der Waals surface area contributed by atoms with Crippen molar-refractivity contribution < 1.29 is 22.4 Å².